The minimum Gasteiger partial charge on any atom is -0.383 e. The number of nitrogens with zero attached hydrogens (tertiary/aromatic N) is 4. The van der Waals surface area contributed by atoms with Gasteiger partial charge in [-0.1, -0.05) is 41.4 Å². The number of hydrogen-bond donors (Lipinski definition) is 3. The quantitative estimate of drug-likeness (QED) is 0.384. The standard InChI is InChI=1S/C21H17Cl2N7O2/c22-15-6-3-4-12(17(15)23)10-30(11-13-5-1-2-7-25-13)21(32)20(31)28-16-9-26-19(24)14-8-27-29-18(14)16/h1-9H,10-11H2,(H2,24,26)(H,27,29)(H,28,31). The number of rotatable bonds is 5. The lowest BCUT2D eigenvalue weighted by Crippen LogP contribution is -2.39. The summed E-state index contributed by atoms with van der Waals surface area (Å²) in [6.07, 6.45) is 4.46. The first-order valence-electron chi connectivity index (χ1n) is 9.44. The van der Waals surface area contributed by atoms with Crippen molar-refractivity contribution in [2.45, 2.75) is 13.1 Å². The zero-order valence-electron chi connectivity index (χ0n) is 16.5. The van der Waals surface area contributed by atoms with E-state index in [1.165, 1.54) is 17.3 Å². The average molecular weight is 470 g/mol. The predicted molar refractivity (Wildman–Crippen MR) is 122 cm³/mol. The highest BCUT2D eigenvalue weighted by atomic mass is 35.5. The van der Waals surface area contributed by atoms with Crippen LogP contribution in [0.3, 0.4) is 0 Å². The van der Waals surface area contributed by atoms with Crippen molar-refractivity contribution in [2.75, 3.05) is 11.1 Å². The topological polar surface area (TPSA) is 130 Å². The molecule has 0 spiro atoms. The molecule has 0 atom stereocenters. The van der Waals surface area contributed by atoms with Crippen molar-refractivity contribution in [1.82, 2.24) is 25.1 Å². The smallest absolute Gasteiger partial charge is 0.314 e. The van der Waals surface area contributed by atoms with Crippen LogP contribution in [0.25, 0.3) is 10.9 Å². The van der Waals surface area contributed by atoms with Gasteiger partial charge >= 0.3 is 11.8 Å². The van der Waals surface area contributed by atoms with E-state index in [-0.39, 0.29) is 24.6 Å². The zero-order valence-corrected chi connectivity index (χ0v) is 18.1. The first-order valence-corrected chi connectivity index (χ1v) is 10.2. The van der Waals surface area contributed by atoms with Gasteiger partial charge in [0, 0.05) is 12.7 Å². The SMILES string of the molecule is Nc1ncc(NC(=O)C(=O)N(Cc2ccccn2)Cc2cccc(Cl)c2Cl)c2[nH]ncc12. The van der Waals surface area contributed by atoms with E-state index in [1.54, 1.807) is 42.6 Å². The largest absolute Gasteiger partial charge is 0.383 e. The lowest BCUT2D eigenvalue weighted by atomic mass is 10.2. The summed E-state index contributed by atoms with van der Waals surface area (Å²) in [7, 11) is 0. The lowest BCUT2D eigenvalue weighted by Gasteiger charge is -2.23. The highest BCUT2D eigenvalue weighted by Gasteiger charge is 2.25. The average Bonchev–Trinajstić information content (AvgIpc) is 3.29. The van der Waals surface area contributed by atoms with E-state index in [0.717, 1.165) is 0 Å². The second-order valence-corrected chi connectivity index (χ2v) is 7.65. The van der Waals surface area contributed by atoms with Gasteiger partial charge < -0.3 is 16.0 Å². The number of H-pyrrole nitrogens is 1. The van der Waals surface area contributed by atoms with Gasteiger partial charge in [-0.2, -0.15) is 5.10 Å². The fourth-order valence-corrected chi connectivity index (χ4v) is 3.51. The molecule has 4 rings (SSSR count). The molecule has 1 aromatic carbocycles. The molecule has 4 aromatic rings. The molecule has 0 fully saturated rings. The summed E-state index contributed by atoms with van der Waals surface area (Å²) in [5.74, 6) is -1.39. The predicted octanol–water partition coefficient (Wildman–Crippen LogP) is 3.41. The molecule has 11 heteroatoms. The number of fused-ring (bicyclic) bond motifs is 1. The Balaban J connectivity index is 1.61. The molecule has 4 N–H and O–H groups in total. The molecule has 0 aliphatic carbocycles. The van der Waals surface area contributed by atoms with Crippen LogP contribution in [0.2, 0.25) is 10.0 Å². The number of aromatic amines is 1. The van der Waals surface area contributed by atoms with Gasteiger partial charge in [0.2, 0.25) is 0 Å². The van der Waals surface area contributed by atoms with Crippen molar-refractivity contribution >= 4 is 57.4 Å². The number of carbonyl (C=O) groups excluding carboxylic acids is 2. The lowest BCUT2D eigenvalue weighted by molar-refractivity contribution is -0.144. The first kappa shape index (κ1) is 21.5. The maximum absolute atomic E-state index is 13.1. The summed E-state index contributed by atoms with van der Waals surface area (Å²) in [6.45, 7) is 0.150. The zero-order chi connectivity index (χ0) is 22.7. The van der Waals surface area contributed by atoms with E-state index in [2.05, 4.69) is 25.5 Å². The van der Waals surface area contributed by atoms with E-state index < -0.39 is 11.8 Å². The molecule has 3 heterocycles. The number of aromatic nitrogens is 4. The van der Waals surface area contributed by atoms with Crippen LogP contribution in [-0.2, 0) is 22.7 Å². The van der Waals surface area contributed by atoms with E-state index in [1.807, 2.05) is 0 Å². The summed E-state index contributed by atoms with van der Waals surface area (Å²) >= 11 is 12.4. The number of pyridine rings is 2. The van der Waals surface area contributed by atoms with E-state index in [9.17, 15) is 9.59 Å². The molecular formula is C21H17Cl2N7O2. The molecule has 0 unspecified atom stereocenters. The van der Waals surface area contributed by atoms with Crippen LogP contribution < -0.4 is 11.1 Å². The van der Waals surface area contributed by atoms with Gasteiger partial charge in [0.05, 0.1) is 51.3 Å². The second-order valence-electron chi connectivity index (χ2n) is 6.87. The number of halogens is 2. The highest BCUT2D eigenvalue weighted by Crippen LogP contribution is 2.27. The Bertz CT molecular complexity index is 1290. The van der Waals surface area contributed by atoms with Crippen LogP contribution in [0.15, 0.2) is 55.0 Å². The number of amides is 2. The van der Waals surface area contributed by atoms with Crippen LogP contribution in [0.1, 0.15) is 11.3 Å². The van der Waals surface area contributed by atoms with E-state index in [4.69, 9.17) is 28.9 Å². The molecule has 0 bridgehead atoms. The molecule has 0 radical (unpaired) electrons. The van der Waals surface area contributed by atoms with Crippen LogP contribution in [0.4, 0.5) is 11.5 Å². The van der Waals surface area contributed by atoms with Gasteiger partial charge in [0.25, 0.3) is 0 Å². The van der Waals surface area contributed by atoms with Crippen molar-refractivity contribution < 1.29 is 9.59 Å². The molecule has 0 aliphatic rings. The monoisotopic (exact) mass is 469 g/mol. The Morgan fingerprint density at radius 1 is 1.06 bits per heavy atom. The third-order valence-electron chi connectivity index (χ3n) is 4.72. The van der Waals surface area contributed by atoms with Gasteiger partial charge in [-0.05, 0) is 23.8 Å². The summed E-state index contributed by atoms with van der Waals surface area (Å²) in [5.41, 5.74) is 7.77. The van der Waals surface area contributed by atoms with Gasteiger partial charge in [0.1, 0.15) is 5.82 Å². The Kier molecular flexibility index (Phi) is 6.20. The van der Waals surface area contributed by atoms with Gasteiger partial charge in [0.15, 0.2) is 0 Å². The third kappa shape index (κ3) is 4.48. The Hall–Kier alpha value is -3.69. The van der Waals surface area contributed by atoms with Gasteiger partial charge in [-0.3, -0.25) is 19.7 Å². The number of nitrogens with two attached hydrogens (primary N) is 1. The number of nitrogens with one attached hydrogen (secondary N) is 2. The number of anilines is 2. The van der Waals surface area contributed by atoms with Gasteiger partial charge in [-0.25, -0.2) is 4.98 Å². The Morgan fingerprint density at radius 2 is 1.91 bits per heavy atom. The fraction of sp³-hybridized carbons (Fsp3) is 0.0952. The number of nitrogen functional groups attached to an aromatic ring is 1. The molecule has 3 aromatic heterocycles. The van der Waals surface area contributed by atoms with Crippen LogP contribution >= 0.6 is 23.2 Å². The Morgan fingerprint density at radius 3 is 2.69 bits per heavy atom. The van der Waals surface area contributed by atoms with Crippen molar-refractivity contribution in [3.63, 3.8) is 0 Å². The molecule has 0 saturated carbocycles. The van der Waals surface area contributed by atoms with Crippen molar-refractivity contribution in [3.8, 4) is 0 Å². The van der Waals surface area contributed by atoms with E-state index >= 15 is 0 Å². The van der Waals surface area contributed by atoms with Crippen molar-refractivity contribution in [2.24, 2.45) is 0 Å². The Labute approximate surface area is 192 Å². The molecule has 2 amide bonds. The summed E-state index contributed by atoms with van der Waals surface area (Å²) in [5, 5.41) is 10.4. The third-order valence-corrected chi connectivity index (χ3v) is 5.58. The molecular weight excluding hydrogens is 453 g/mol. The van der Waals surface area contributed by atoms with Crippen LogP contribution in [-0.4, -0.2) is 36.9 Å². The number of carbonyl (C=O) groups is 2. The highest BCUT2D eigenvalue weighted by molar-refractivity contribution is 6.42. The summed E-state index contributed by atoms with van der Waals surface area (Å²) < 4.78 is 0. The number of benzene rings is 1. The van der Waals surface area contributed by atoms with E-state index in [0.29, 0.717) is 32.2 Å². The minimum atomic E-state index is -0.860. The fourth-order valence-electron chi connectivity index (χ4n) is 3.13. The van der Waals surface area contributed by atoms with Gasteiger partial charge in [-0.15, -0.1) is 0 Å². The molecule has 0 aliphatic heterocycles. The van der Waals surface area contributed by atoms with Crippen LogP contribution in [0, 0.1) is 0 Å². The molecule has 32 heavy (non-hydrogen) atoms. The first-order chi connectivity index (χ1) is 15.4. The number of hydrogen-bond acceptors (Lipinski definition) is 6. The maximum Gasteiger partial charge on any atom is 0.314 e. The second kappa shape index (κ2) is 9.21. The summed E-state index contributed by atoms with van der Waals surface area (Å²) in [4.78, 5) is 35.6. The maximum atomic E-state index is 13.1. The molecule has 9 nitrogen and oxygen atoms in total. The normalized spacial score (nSPS) is 10.8. The molecule has 0 saturated heterocycles. The van der Waals surface area contributed by atoms with Crippen molar-refractivity contribution in [1.29, 1.82) is 0 Å². The minimum absolute atomic E-state index is 0.0572. The van der Waals surface area contributed by atoms with Crippen LogP contribution in [0.5, 0.6) is 0 Å². The summed E-state index contributed by atoms with van der Waals surface area (Å²) in [6, 6.07) is 10.4. The van der Waals surface area contributed by atoms with Crippen molar-refractivity contribution in [3.05, 3.63) is 76.3 Å². The molecule has 162 valence electrons.